The Morgan fingerprint density at radius 2 is 1.59 bits per heavy atom. The molecule has 5 nitrogen and oxygen atoms in total. The number of nitrogens with zero attached hydrogens (tertiary/aromatic N) is 1. The maximum absolute atomic E-state index is 12.0. The minimum absolute atomic E-state index is 0.337. The third kappa shape index (κ3) is 5.06. The number of quaternary nitrogens is 1. The van der Waals surface area contributed by atoms with Gasteiger partial charge in [0.25, 0.3) is 0 Å². The predicted octanol–water partition coefficient (Wildman–Crippen LogP) is 2.42. The normalized spacial score (nSPS) is 19.7. The average Bonchev–Trinajstić information content (AvgIpc) is 2.66. The maximum Gasteiger partial charge on any atom is 0.474 e. The Kier molecular flexibility index (Phi) is 6.10. The van der Waals surface area contributed by atoms with Gasteiger partial charge in [-0.05, 0) is 13.8 Å². The summed E-state index contributed by atoms with van der Waals surface area (Å²) in [5, 5.41) is 0. The Morgan fingerprint density at radius 3 is 2.06 bits per heavy atom. The molecule has 1 rings (SSSR count). The fourth-order valence-corrected chi connectivity index (χ4v) is 3.28. The van der Waals surface area contributed by atoms with E-state index in [2.05, 4.69) is 7.05 Å². The van der Waals surface area contributed by atoms with Crippen LogP contribution in [0.4, 0.5) is 0 Å². The quantitative estimate of drug-likeness (QED) is 0.500. The SMILES string of the molecule is CCOP(=O)(OCC)OCC[N+]1(C)CCCC1. The van der Waals surface area contributed by atoms with Gasteiger partial charge in [-0.15, -0.1) is 0 Å². The van der Waals surface area contributed by atoms with Gasteiger partial charge in [-0.1, -0.05) is 0 Å². The number of hydrogen-bond donors (Lipinski definition) is 0. The Balaban J connectivity index is 2.34. The van der Waals surface area contributed by atoms with Gasteiger partial charge in [0.05, 0.1) is 33.4 Å². The number of phosphoric acid groups is 1. The van der Waals surface area contributed by atoms with E-state index < -0.39 is 7.82 Å². The highest BCUT2D eigenvalue weighted by molar-refractivity contribution is 7.48. The Hall–Kier alpha value is 0.0700. The molecule has 0 aromatic heterocycles. The van der Waals surface area contributed by atoms with Gasteiger partial charge in [-0.3, -0.25) is 13.6 Å². The molecule has 0 aromatic carbocycles. The Morgan fingerprint density at radius 1 is 1.06 bits per heavy atom. The van der Waals surface area contributed by atoms with Crippen molar-refractivity contribution in [2.75, 3.05) is 46.5 Å². The monoisotopic (exact) mass is 266 g/mol. The standard InChI is InChI=1S/C11H25NO4P/c1-4-14-17(13,15-5-2)16-11-10-12(3)8-6-7-9-12/h4-11H2,1-3H3/q+1. The molecule has 0 aromatic rings. The van der Waals surface area contributed by atoms with Crippen molar-refractivity contribution in [1.29, 1.82) is 0 Å². The van der Waals surface area contributed by atoms with Gasteiger partial charge >= 0.3 is 7.82 Å². The first kappa shape index (κ1) is 15.1. The van der Waals surface area contributed by atoms with Crippen molar-refractivity contribution in [3.63, 3.8) is 0 Å². The highest BCUT2D eigenvalue weighted by atomic mass is 31.2. The van der Waals surface area contributed by atoms with E-state index >= 15 is 0 Å². The van der Waals surface area contributed by atoms with E-state index in [0.717, 1.165) is 11.0 Å². The number of likely N-dealkylation sites (N-methyl/N-ethyl adjacent to an activating group) is 1. The molecule has 0 amide bonds. The molecule has 0 aliphatic carbocycles. The second-order valence-corrected chi connectivity index (χ2v) is 6.28. The van der Waals surface area contributed by atoms with E-state index in [-0.39, 0.29) is 0 Å². The molecule has 1 heterocycles. The molecule has 102 valence electrons. The van der Waals surface area contributed by atoms with Crippen LogP contribution >= 0.6 is 7.82 Å². The van der Waals surface area contributed by atoms with Gasteiger partial charge in [0.15, 0.2) is 0 Å². The molecule has 0 unspecified atom stereocenters. The molecule has 0 spiro atoms. The third-order valence-electron chi connectivity index (χ3n) is 3.10. The molecule has 0 atom stereocenters. The first-order valence-corrected chi connectivity index (χ1v) is 7.87. The van der Waals surface area contributed by atoms with Crippen LogP contribution in [0.1, 0.15) is 26.7 Å². The van der Waals surface area contributed by atoms with E-state index in [1.54, 1.807) is 13.8 Å². The molecule has 0 saturated carbocycles. The summed E-state index contributed by atoms with van der Waals surface area (Å²) in [6, 6.07) is 0. The summed E-state index contributed by atoms with van der Waals surface area (Å²) in [6.45, 7) is 7.88. The fourth-order valence-electron chi connectivity index (χ4n) is 2.12. The summed E-state index contributed by atoms with van der Waals surface area (Å²) in [5.41, 5.74) is 0. The lowest BCUT2D eigenvalue weighted by Crippen LogP contribution is -2.43. The molecule has 1 aliphatic rings. The average molecular weight is 266 g/mol. The molecule has 1 aliphatic heterocycles. The van der Waals surface area contributed by atoms with E-state index in [1.807, 2.05) is 0 Å². The van der Waals surface area contributed by atoms with Gasteiger partial charge in [0, 0.05) is 12.8 Å². The molecule has 0 radical (unpaired) electrons. The second kappa shape index (κ2) is 6.86. The number of rotatable bonds is 8. The highest BCUT2D eigenvalue weighted by Crippen LogP contribution is 2.49. The summed E-state index contributed by atoms with van der Waals surface area (Å²) in [6.07, 6.45) is 2.54. The summed E-state index contributed by atoms with van der Waals surface area (Å²) in [4.78, 5) is 0. The topological polar surface area (TPSA) is 44.8 Å². The van der Waals surface area contributed by atoms with E-state index in [1.165, 1.54) is 25.9 Å². The van der Waals surface area contributed by atoms with Crippen LogP contribution in [0.15, 0.2) is 0 Å². The Labute approximate surface area is 104 Å². The first-order valence-electron chi connectivity index (χ1n) is 6.41. The third-order valence-corrected chi connectivity index (χ3v) is 4.75. The molecule has 1 saturated heterocycles. The van der Waals surface area contributed by atoms with Gasteiger partial charge < -0.3 is 4.48 Å². The molecule has 0 bridgehead atoms. The van der Waals surface area contributed by atoms with Gasteiger partial charge in [-0.25, -0.2) is 4.57 Å². The predicted molar refractivity (Wildman–Crippen MR) is 66.8 cm³/mol. The second-order valence-electron chi connectivity index (χ2n) is 4.61. The van der Waals surface area contributed by atoms with E-state index in [9.17, 15) is 4.57 Å². The van der Waals surface area contributed by atoms with Crippen LogP contribution in [0.3, 0.4) is 0 Å². The minimum Gasteiger partial charge on any atom is -0.324 e. The molecular formula is C11H25NO4P+. The smallest absolute Gasteiger partial charge is 0.324 e. The zero-order valence-corrected chi connectivity index (χ0v) is 12.1. The van der Waals surface area contributed by atoms with E-state index in [0.29, 0.717) is 19.8 Å². The van der Waals surface area contributed by atoms with Gasteiger partial charge in [0.1, 0.15) is 13.2 Å². The van der Waals surface area contributed by atoms with Crippen LogP contribution in [0, 0.1) is 0 Å². The summed E-state index contributed by atoms with van der Waals surface area (Å²) in [5.74, 6) is 0. The Bertz CT molecular complexity index is 256. The van der Waals surface area contributed by atoms with Crippen molar-refractivity contribution in [3.8, 4) is 0 Å². The number of likely N-dealkylation sites (tertiary alicyclic amines) is 1. The lowest BCUT2D eigenvalue weighted by Gasteiger charge is -2.29. The van der Waals surface area contributed by atoms with Crippen LogP contribution in [0.2, 0.25) is 0 Å². The lowest BCUT2D eigenvalue weighted by atomic mass is 10.4. The van der Waals surface area contributed by atoms with Crippen molar-refractivity contribution in [1.82, 2.24) is 0 Å². The van der Waals surface area contributed by atoms with Crippen molar-refractivity contribution in [2.24, 2.45) is 0 Å². The van der Waals surface area contributed by atoms with Crippen molar-refractivity contribution in [3.05, 3.63) is 0 Å². The minimum atomic E-state index is -3.32. The summed E-state index contributed by atoms with van der Waals surface area (Å²) >= 11 is 0. The highest BCUT2D eigenvalue weighted by Gasteiger charge is 2.30. The summed E-state index contributed by atoms with van der Waals surface area (Å²) < 4.78 is 28.5. The summed E-state index contributed by atoms with van der Waals surface area (Å²) in [7, 11) is -1.11. The molecule has 0 N–H and O–H groups in total. The van der Waals surface area contributed by atoms with Crippen LogP contribution in [-0.4, -0.2) is 51.0 Å². The van der Waals surface area contributed by atoms with Crippen LogP contribution in [0.5, 0.6) is 0 Å². The van der Waals surface area contributed by atoms with Crippen molar-refractivity contribution >= 4 is 7.82 Å². The van der Waals surface area contributed by atoms with Crippen molar-refractivity contribution < 1.29 is 22.6 Å². The van der Waals surface area contributed by atoms with Crippen LogP contribution in [0.25, 0.3) is 0 Å². The maximum atomic E-state index is 12.0. The van der Waals surface area contributed by atoms with Crippen molar-refractivity contribution in [2.45, 2.75) is 26.7 Å². The zero-order chi connectivity index (χ0) is 12.8. The zero-order valence-electron chi connectivity index (χ0n) is 11.2. The first-order chi connectivity index (χ1) is 8.04. The largest absolute Gasteiger partial charge is 0.474 e. The fraction of sp³-hybridized carbons (Fsp3) is 1.00. The van der Waals surface area contributed by atoms with Crippen LogP contribution in [-0.2, 0) is 18.1 Å². The van der Waals surface area contributed by atoms with Crippen LogP contribution < -0.4 is 0 Å². The molecule has 6 heteroatoms. The lowest BCUT2D eigenvalue weighted by molar-refractivity contribution is -0.897. The van der Waals surface area contributed by atoms with Gasteiger partial charge in [-0.2, -0.15) is 0 Å². The number of hydrogen-bond acceptors (Lipinski definition) is 4. The van der Waals surface area contributed by atoms with E-state index in [4.69, 9.17) is 13.6 Å². The molecule has 1 fully saturated rings. The van der Waals surface area contributed by atoms with Gasteiger partial charge in [0.2, 0.25) is 0 Å². The number of phosphoric ester groups is 1. The molecular weight excluding hydrogens is 241 g/mol. The molecule has 17 heavy (non-hydrogen) atoms.